The fourth-order valence-corrected chi connectivity index (χ4v) is 4.12. The van der Waals surface area contributed by atoms with Gasteiger partial charge in [-0.3, -0.25) is 9.59 Å². The third-order valence-electron chi connectivity index (χ3n) is 4.73. The number of nitrogens with one attached hydrogen (secondary N) is 1. The van der Waals surface area contributed by atoms with E-state index in [1.165, 1.54) is 16.2 Å². The smallest absolute Gasteiger partial charge is 0.282 e. The molecule has 0 spiro atoms. The van der Waals surface area contributed by atoms with Gasteiger partial charge >= 0.3 is 0 Å². The van der Waals surface area contributed by atoms with Crippen molar-refractivity contribution in [2.24, 2.45) is 0 Å². The maximum absolute atomic E-state index is 13.4. The van der Waals surface area contributed by atoms with E-state index >= 15 is 0 Å². The highest BCUT2D eigenvalue weighted by Crippen LogP contribution is 2.37. The molecule has 1 aliphatic rings. The lowest BCUT2D eigenvalue weighted by Gasteiger charge is -2.16. The number of methoxy groups -OCH3 is 1. The first kappa shape index (κ1) is 19.0. The lowest BCUT2D eigenvalue weighted by molar-refractivity contribution is -0.120. The Bertz CT molecular complexity index is 1130. The van der Waals surface area contributed by atoms with Crippen molar-refractivity contribution in [3.8, 4) is 5.75 Å². The molecule has 1 aromatic heterocycles. The first-order valence-corrected chi connectivity index (χ1v) is 10.0. The largest absolute Gasteiger partial charge is 0.495 e. The van der Waals surface area contributed by atoms with Crippen LogP contribution in [0.25, 0.3) is 5.57 Å². The summed E-state index contributed by atoms with van der Waals surface area (Å²) in [6, 6.07) is 16.7. The van der Waals surface area contributed by atoms with E-state index in [1.54, 1.807) is 13.2 Å². The molecule has 0 atom stereocenters. The van der Waals surface area contributed by atoms with E-state index < -0.39 is 0 Å². The average molecular weight is 404 g/mol. The molecule has 0 saturated heterocycles. The number of carbonyl (C=O) groups excluding carboxylic acids is 2. The van der Waals surface area contributed by atoms with Crippen LogP contribution in [-0.4, -0.2) is 18.9 Å². The van der Waals surface area contributed by atoms with E-state index in [0.29, 0.717) is 22.7 Å². The van der Waals surface area contributed by atoms with Gasteiger partial charge in [0.05, 0.1) is 24.1 Å². The second-order valence-electron chi connectivity index (χ2n) is 6.84. The minimum absolute atomic E-state index is 0.253. The molecule has 1 N–H and O–H groups in total. The molecule has 0 bridgehead atoms. The summed E-state index contributed by atoms with van der Waals surface area (Å²) in [4.78, 5) is 28.7. The van der Waals surface area contributed by atoms with Gasteiger partial charge in [-0.1, -0.05) is 24.3 Å². The molecule has 0 unspecified atom stereocenters. The molecule has 0 saturated carbocycles. The van der Waals surface area contributed by atoms with Gasteiger partial charge in [0.25, 0.3) is 11.8 Å². The second-order valence-corrected chi connectivity index (χ2v) is 7.79. The maximum atomic E-state index is 13.4. The molecule has 3 aromatic rings. The van der Waals surface area contributed by atoms with Gasteiger partial charge in [0.2, 0.25) is 0 Å². The highest BCUT2D eigenvalue weighted by molar-refractivity contribution is 7.11. The van der Waals surface area contributed by atoms with E-state index in [4.69, 9.17) is 4.74 Å². The topological polar surface area (TPSA) is 58.6 Å². The van der Waals surface area contributed by atoms with Crippen molar-refractivity contribution in [3.05, 3.63) is 81.7 Å². The third-order valence-corrected chi connectivity index (χ3v) is 5.61. The zero-order chi connectivity index (χ0) is 20.5. The molecule has 5 nitrogen and oxygen atoms in total. The molecule has 1 aliphatic heterocycles. The summed E-state index contributed by atoms with van der Waals surface area (Å²) in [5.41, 5.74) is 3.81. The van der Waals surface area contributed by atoms with Crippen LogP contribution in [0.4, 0.5) is 11.4 Å². The number of hydrogen-bond acceptors (Lipinski definition) is 5. The average Bonchev–Trinajstić information content (AvgIpc) is 3.29. The summed E-state index contributed by atoms with van der Waals surface area (Å²) in [6.07, 6.45) is 0. The van der Waals surface area contributed by atoms with Crippen LogP contribution in [-0.2, 0) is 9.59 Å². The van der Waals surface area contributed by atoms with Crippen LogP contribution < -0.4 is 15.0 Å². The van der Waals surface area contributed by atoms with Crippen molar-refractivity contribution in [3.63, 3.8) is 0 Å². The number of imide groups is 1. The van der Waals surface area contributed by atoms with Crippen LogP contribution in [0.1, 0.15) is 16.0 Å². The predicted molar refractivity (Wildman–Crippen MR) is 116 cm³/mol. The number of anilines is 2. The summed E-state index contributed by atoms with van der Waals surface area (Å²) < 4.78 is 5.43. The van der Waals surface area contributed by atoms with Crippen LogP contribution >= 0.6 is 11.3 Å². The van der Waals surface area contributed by atoms with Gasteiger partial charge in [-0.25, -0.2) is 4.90 Å². The van der Waals surface area contributed by atoms with Crippen molar-refractivity contribution < 1.29 is 14.3 Å². The number of ether oxygens (including phenoxy) is 1. The molecule has 0 radical (unpaired) electrons. The quantitative estimate of drug-likeness (QED) is 0.623. The van der Waals surface area contributed by atoms with Crippen molar-refractivity contribution in [1.29, 1.82) is 0 Å². The molecule has 0 fully saturated rings. The molecular formula is C23H20N2O3S. The van der Waals surface area contributed by atoms with Gasteiger partial charge in [-0.05, 0) is 60.7 Å². The molecule has 29 heavy (non-hydrogen) atoms. The Labute approximate surface area is 173 Å². The molecule has 0 aliphatic carbocycles. The number of thiophene rings is 1. The third kappa shape index (κ3) is 3.43. The number of carbonyl (C=O) groups is 2. The van der Waals surface area contributed by atoms with Crippen molar-refractivity contribution >= 4 is 40.1 Å². The minimum Gasteiger partial charge on any atom is -0.495 e. The number of benzene rings is 2. The van der Waals surface area contributed by atoms with E-state index in [1.807, 2.05) is 67.8 Å². The number of hydrogen-bond donors (Lipinski definition) is 1. The Morgan fingerprint density at radius 2 is 1.72 bits per heavy atom. The van der Waals surface area contributed by atoms with Gasteiger partial charge in [0.1, 0.15) is 11.4 Å². The van der Waals surface area contributed by atoms with Crippen LogP contribution in [0.5, 0.6) is 5.75 Å². The summed E-state index contributed by atoms with van der Waals surface area (Å²) in [5.74, 6) is -0.118. The lowest BCUT2D eigenvalue weighted by atomic mass is 10.1. The molecule has 2 aromatic carbocycles. The summed E-state index contributed by atoms with van der Waals surface area (Å²) >= 11 is 1.42. The van der Waals surface area contributed by atoms with Crippen LogP contribution in [0.2, 0.25) is 0 Å². The minimum atomic E-state index is -0.382. The van der Waals surface area contributed by atoms with E-state index in [-0.39, 0.29) is 17.5 Å². The summed E-state index contributed by atoms with van der Waals surface area (Å²) in [6.45, 7) is 3.89. The number of aryl methyl sites for hydroxylation is 2. The van der Waals surface area contributed by atoms with E-state index in [2.05, 4.69) is 5.32 Å². The second kappa shape index (κ2) is 7.56. The predicted octanol–water partition coefficient (Wildman–Crippen LogP) is 4.77. The van der Waals surface area contributed by atoms with Gasteiger partial charge in [-0.15, -0.1) is 11.3 Å². The van der Waals surface area contributed by atoms with Gasteiger partial charge in [0.15, 0.2) is 0 Å². The number of amides is 2. The molecule has 2 heterocycles. The van der Waals surface area contributed by atoms with Crippen LogP contribution in [0.15, 0.2) is 65.7 Å². The standard InChI is InChI=1S/C23H20N2O3S/c1-14-6-4-7-16(12-14)25-22(26)20(19-8-5-11-29-19)21(23(25)27)24-17-13-15(2)9-10-18(17)28-3/h4-13,24H,1-3H3. The SMILES string of the molecule is COc1ccc(C)cc1NC1=C(c2cccs2)C(=O)N(c2cccc(C)c2)C1=O. The summed E-state index contributed by atoms with van der Waals surface area (Å²) in [5, 5.41) is 5.07. The Kier molecular flexibility index (Phi) is 4.94. The van der Waals surface area contributed by atoms with E-state index in [9.17, 15) is 9.59 Å². The fraction of sp³-hybridized carbons (Fsp3) is 0.130. The Morgan fingerprint density at radius 3 is 2.41 bits per heavy atom. The Morgan fingerprint density at radius 1 is 0.931 bits per heavy atom. The molecular weight excluding hydrogens is 384 g/mol. The number of rotatable bonds is 5. The lowest BCUT2D eigenvalue weighted by Crippen LogP contribution is -2.32. The molecule has 146 valence electrons. The molecule has 2 amide bonds. The van der Waals surface area contributed by atoms with Crippen molar-refractivity contribution in [1.82, 2.24) is 0 Å². The molecule has 4 rings (SSSR count). The van der Waals surface area contributed by atoms with Crippen LogP contribution in [0, 0.1) is 13.8 Å². The van der Waals surface area contributed by atoms with Crippen molar-refractivity contribution in [2.45, 2.75) is 13.8 Å². The zero-order valence-electron chi connectivity index (χ0n) is 16.4. The van der Waals surface area contributed by atoms with E-state index in [0.717, 1.165) is 16.0 Å². The van der Waals surface area contributed by atoms with Gasteiger partial charge < -0.3 is 10.1 Å². The van der Waals surface area contributed by atoms with Crippen molar-refractivity contribution in [2.75, 3.05) is 17.3 Å². The fourth-order valence-electron chi connectivity index (χ4n) is 3.35. The first-order chi connectivity index (χ1) is 14.0. The maximum Gasteiger partial charge on any atom is 0.282 e. The zero-order valence-corrected chi connectivity index (χ0v) is 17.2. The summed E-state index contributed by atoms with van der Waals surface area (Å²) in [7, 11) is 1.57. The first-order valence-electron chi connectivity index (χ1n) is 9.15. The van der Waals surface area contributed by atoms with Gasteiger partial charge in [-0.2, -0.15) is 0 Å². The van der Waals surface area contributed by atoms with Gasteiger partial charge in [0, 0.05) is 4.88 Å². The highest BCUT2D eigenvalue weighted by atomic mass is 32.1. The Balaban J connectivity index is 1.83. The van der Waals surface area contributed by atoms with Crippen LogP contribution in [0.3, 0.4) is 0 Å². The monoisotopic (exact) mass is 404 g/mol. The highest BCUT2D eigenvalue weighted by Gasteiger charge is 2.41. The Hall–Kier alpha value is -3.38. The normalized spacial score (nSPS) is 14.0. The molecule has 6 heteroatoms. The number of nitrogens with zero attached hydrogens (tertiary/aromatic N) is 1.